The van der Waals surface area contributed by atoms with Gasteiger partial charge in [-0.05, 0) is 49.8 Å². The van der Waals surface area contributed by atoms with Crippen molar-refractivity contribution < 1.29 is 9.53 Å². The van der Waals surface area contributed by atoms with Crippen LogP contribution >= 0.6 is 11.6 Å². The number of ether oxygens (including phenoxy) is 1. The summed E-state index contributed by atoms with van der Waals surface area (Å²) in [6, 6.07) is 7.13. The second kappa shape index (κ2) is 9.44. The smallest absolute Gasteiger partial charge is 0.271 e. The Kier molecular flexibility index (Phi) is 7.28. The second-order valence-electron chi connectivity index (χ2n) is 5.71. The van der Waals surface area contributed by atoms with E-state index in [2.05, 4.69) is 29.2 Å². The Hall–Kier alpha value is -2.05. The molecule has 1 aromatic carbocycles. The van der Waals surface area contributed by atoms with E-state index in [0.717, 1.165) is 30.9 Å². The lowest BCUT2D eigenvalue weighted by atomic mass is 10.2. The highest BCUT2D eigenvalue weighted by molar-refractivity contribution is 6.30. The van der Waals surface area contributed by atoms with E-state index in [-0.39, 0.29) is 12.6 Å². The zero-order valence-electron chi connectivity index (χ0n) is 15.0. The lowest BCUT2D eigenvalue weighted by Crippen LogP contribution is -2.35. The quantitative estimate of drug-likeness (QED) is 0.743. The Labute approximate surface area is 153 Å². The molecule has 0 radical (unpaired) electrons. The molecule has 0 bridgehead atoms. The largest absolute Gasteiger partial charge is 0.471 e. The minimum absolute atomic E-state index is 0.173. The van der Waals surface area contributed by atoms with Crippen molar-refractivity contribution in [3.63, 3.8) is 0 Å². The van der Waals surface area contributed by atoms with Crippen molar-refractivity contribution in [3.8, 4) is 5.75 Å². The van der Waals surface area contributed by atoms with E-state index in [0.29, 0.717) is 17.3 Å². The van der Waals surface area contributed by atoms with Gasteiger partial charge in [0, 0.05) is 24.3 Å². The molecule has 0 aliphatic rings. The minimum atomic E-state index is -0.173. The highest BCUT2D eigenvalue weighted by Crippen LogP contribution is 2.21. The molecular weight excluding hydrogens is 340 g/mol. The summed E-state index contributed by atoms with van der Waals surface area (Å²) in [5.74, 6) is 0.568. The Morgan fingerprint density at radius 1 is 1.32 bits per heavy atom. The summed E-state index contributed by atoms with van der Waals surface area (Å²) in [6.45, 7) is 9.76. The number of benzene rings is 1. The SMILES string of the molecule is CCN(CC)CCNC(=O)c1ccn(COc2ccc(Cl)cc2C)n1. The van der Waals surface area contributed by atoms with Gasteiger partial charge in [0.2, 0.25) is 0 Å². The zero-order valence-corrected chi connectivity index (χ0v) is 15.7. The van der Waals surface area contributed by atoms with Crippen LogP contribution in [0.3, 0.4) is 0 Å². The van der Waals surface area contributed by atoms with E-state index >= 15 is 0 Å². The summed E-state index contributed by atoms with van der Waals surface area (Å²) in [7, 11) is 0. The van der Waals surface area contributed by atoms with E-state index in [1.54, 1.807) is 23.0 Å². The van der Waals surface area contributed by atoms with Gasteiger partial charge < -0.3 is 15.0 Å². The molecule has 2 rings (SSSR count). The summed E-state index contributed by atoms with van der Waals surface area (Å²) >= 11 is 5.93. The summed E-state index contributed by atoms with van der Waals surface area (Å²) in [6.07, 6.45) is 1.73. The van der Waals surface area contributed by atoms with Gasteiger partial charge in [-0.2, -0.15) is 5.10 Å². The number of aryl methyl sites for hydroxylation is 1. The number of hydrogen-bond donors (Lipinski definition) is 1. The van der Waals surface area contributed by atoms with Gasteiger partial charge in [-0.1, -0.05) is 25.4 Å². The Morgan fingerprint density at radius 3 is 2.76 bits per heavy atom. The molecular formula is C18H25ClN4O2. The average Bonchev–Trinajstić information content (AvgIpc) is 3.07. The Bertz CT molecular complexity index is 698. The number of carbonyl (C=O) groups is 1. The summed E-state index contributed by atoms with van der Waals surface area (Å²) < 4.78 is 7.31. The molecule has 7 heteroatoms. The normalized spacial score (nSPS) is 10.9. The highest BCUT2D eigenvalue weighted by atomic mass is 35.5. The van der Waals surface area contributed by atoms with Crippen LogP contribution in [0.15, 0.2) is 30.5 Å². The van der Waals surface area contributed by atoms with Crippen LogP contribution in [0.4, 0.5) is 0 Å². The van der Waals surface area contributed by atoms with Crippen molar-refractivity contribution >= 4 is 17.5 Å². The molecule has 136 valence electrons. The van der Waals surface area contributed by atoms with Gasteiger partial charge in [-0.3, -0.25) is 4.79 Å². The van der Waals surface area contributed by atoms with Gasteiger partial charge in [-0.15, -0.1) is 0 Å². The molecule has 2 aromatic rings. The molecule has 0 saturated heterocycles. The van der Waals surface area contributed by atoms with Gasteiger partial charge in [-0.25, -0.2) is 4.68 Å². The van der Waals surface area contributed by atoms with Crippen LogP contribution in [0.25, 0.3) is 0 Å². The fourth-order valence-electron chi connectivity index (χ4n) is 2.42. The molecule has 25 heavy (non-hydrogen) atoms. The van der Waals surface area contributed by atoms with Crippen LogP contribution in [0, 0.1) is 6.92 Å². The number of nitrogens with zero attached hydrogens (tertiary/aromatic N) is 3. The standard InChI is InChI=1S/C18H25ClN4O2/c1-4-22(5-2)11-9-20-18(24)16-8-10-23(21-16)13-25-17-7-6-15(19)12-14(17)3/h6-8,10,12H,4-5,9,11,13H2,1-3H3,(H,20,24). The maximum atomic E-state index is 12.1. The molecule has 1 N–H and O–H groups in total. The van der Waals surface area contributed by atoms with E-state index in [1.807, 2.05) is 19.1 Å². The van der Waals surface area contributed by atoms with E-state index in [4.69, 9.17) is 16.3 Å². The number of likely N-dealkylation sites (N-methyl/N-ethyl adjacent to an activating group) is 1. The van der Waals surface area contributed by atoms with Crippen molar-refractivity contribution in [2.24, 2.45) is 0 Å². The van der Waals surface area contributed by atoms with Crippen LogP contribution in [-0.2, 0) is 6.73 Å². The summed E-state index contributed by atoms with van der Waals surface area (Å²) in [5, 5.41) is 7.81. The van der Waals surface area contributed by atoms with Gasteiger partial charge in [0.25, 0.3) is 5.91 Å². The number of halogens is 1. The molecule has 1 amide bonds. The fourth-order valence-corrected chi connectivity index (χ4v) is 2.65. The molecule has 0 fully saturated rings. The molecule has 0 aliphatic heterocycles. The first-order chi connectivity index (χ1) is 12.0. The van der Waals surface area contributed by atoms with E-state index in [9.17, 15) is 4.79 Å². The van der Waals surface area contributed by atoms with Crippen LogP contribution < -0.4 is 10.1 Å². The first-order valence-corrected chi connectivity index (χ1v) is 8.84. The predicted octanol–water partition coefficient (Wildman–Crippen LogP) is 2.95. The lowest BCUT2D eigenvalue weighted by Gasteiger charge is -2.17. The third-order valence-electron chi connectivity index (χ3n) is 3.97. The highest BCUT2D eigenvalue weighted by Gasteiger charge is 2.10. The number of hydrogen-bond acceptors (Lipinski definition) is 4. The minimum Gasteiger partial charge on any atom is -0.471 e. The van der Waals surface area contributed by atoms with Gasteiger partial charge in [0.05, 0.1) is 0 Å². The first-order valence-electron chi connectivity index (χ1n) is 8.46. The maximum absolute atomic E-state index is 12.1. The lowest BCUT2D eigenvalue weighted by molar-refractivity contribution is 0.0942. The van der Waals surface area contributed by atoms with Gasteiger partial charge in [0.15, 0.2) is 6.73 Å². The summed E-state index contributed by atoms with van der Waals surface area (Å²) in [5.41, 5.74) is 1.34. The van der Waals surface area contributed by atoms with Crippen LogP contribution in [0.1, 0.15) is 29.9 Å². The van der Waals surface area contributed by atoms with Crippen molar-refractivity contribution in [2.45, 2.75) is 27.5 Å². The molecule has 0 unspecified atom stereocenters. The molecule has 6 nitrogen and oxygen atoms in total. The molecule has 0 saturated carbocycles. The number of amides is 1. The number of rotatable bonds is 9. The zero-order chi connectivity index (χ0) is 18.2. The molecule has 0 atom stereocenters. The Balaban J connectivity index is 1.83. The molecule has 1 aromatic heterocycles. The van der Waals surface area contributed by atoms with E-state index in [1.165, 1.54) is 0 Å². The van der Waals surface area contributed by atoms with Crippen molar-refractivity contribution in [1.29, 1.82) is 0 Å². The molecule has 1 heterocycles. The van der Waals surface area contributed by atoms with Crippen molar-refractivity contribution in [2.75, 3.05) is 26.2 Å². The first kappa shape index (κ1) is 19.3. The number of carbonyl (C=O) groups excluding carboxylic acids is 1. The third-order valence-corrected chi connectivity index (χ3v) is 4.21. The van der Waals surface area contributed by atoms with Gasteiger partial charge >= 0.3 is 0 Å². The van der Waals surface area contributed by atoms with Crippen LogP contribution in [-0.4, -0.2) is 46.8 Å². The Morgan fingerprint density at radius 2 is 2.08 bits per heavy atom. The van der Waals surface area contributed by atoms with Crippen LogP contribution in [0.2, 0.25) is 5.02 Å². The average molecular weight is 365 g/mol. The molecule has 0 aliphatic carbocycles. The predicted molar refractivity (Wildman–Crippen MR) is 99.2 cm³/mol. The monoisotopic (exact) mass is 364 g/mol. The number of nitrogens with one attached hydrogen (secondary N) is 1. The van der Waals surface area contributed by atoms with Gasteiger partial charge in [0.1, 0.15) is 11.4 Å². The van der Waals surface area contributed by atoms with Crippen molar-refractivity contribution in [3.05, 3.63) is 46.7 Å². The van der Waals surface area contributed by atoms with Crippen molar-refractivity contribution in [1.82, 2.24) is 20.0 Å². The van der Waals surface area contributed by atoms with Crippen LogP contribution in [0.5, 0.6) is 5.75 Å². The summed E-state index contributed by atoms with van der Waals surface area (Å²) in [4.78, 5) is 14.4. The number of aromatic nitrogens is 2. The molecule has 0 spiro atoms. The fraction of sp³-hybridized carbons (Fsp3) is 0.444. The maximum Gasteiger partial charge on any atom is 0.271 e. The third kappa shape index (κ3) is 5.76. The van der Waals surface area contributed by atoms with E-state index < -0.39 is 0 Å². The second-order valence-corrected chi connectivity index (χ2v) is 6.14. The topological polar surface area (TPSA) is 59.4 Å².